The second kappa shape index (κ2) is 6.03. The van der Waals surface area contributed by atoms with E-state index in [2.05, 4.69) is 5.10 Å². The van der Waals surface area contributed by atoms with Crippen molar-refractivity contribution in [1.29, 1.82) is 0 Å². The van der Waals surface area contributed by atoms with Gasteiger partial charge in [-0.05, 0) is 45.6 Å². The highest BCUT2D eigenvalue weighted by molar-refractivity contribution is 6.62. The first-order chi connectivity index (χ1) is 11.1. The largest absolute Gasteiger partial charge is 0.494 e. The van der Waals surface area contributed by atoms with Crippen LogP contribution in [0.25, 0.3) is 11.1 Å². The predicted molar refractivity (Wildman–Crippen MR) is 95.1 cm³/mol. The Labute approximate surface area is 143 Å². The molecule has 24 heavy (non-hydrogen) atoms. The number of aromatic nitrogens is 2. The maximum absolute atomic E-state index is 9.88. The summed E-state index contributed by atoms with van der Waals surface area (Å²) in [6.07, 6.45) is 3.82. The van der Waals surface area contributed by atoms with Crippen LogP contribution >= 0.6 is 0 Å². The standard InChI is InChI=1S/C18H25BN2O3/c1-13-18(4,5)24-19(23-13)16-8-6-14(7-9-16)15-10-20-21(11-15)12-17(2,3)22/h6-11,13,22H,12H2,1-5H3. The van der Waals surface area contributed by atoms with Gasteiger partial charge in [0, 0.05) is 11.8 Å². The van der Waals surface area contributed by atoms with Gasteiger partial charge in [-0.25, -0.2) is 0 Å². The number of hydrogen-bond donors (Lipinski definition) is 1. The van der Waals surface area contributed by atoms with Crippen LogP contribution in [0.1, 0.15) is 34.6 Å². The van der Waals surface area contributed by atoms with E-state index in [1.165, 1.54) is 0 Å². The van der Waals surface area contributed by atoms with E-state index in [0.29, 0.717) is 6.54 Å². The van der Waals surface area contributed by atoms with Crippen molar-refractivity contribution in [2.75, 3.05) is 0 Å². The van der Waals surface area contributed by atoms with Crippen LogP contribution < -0.4 is 5.46 Å². The fourth-order valence-electron chi connectivity index (χ4n) is 2.72. The molecule has 1 fully saturated rings. The SMILES string of the molecule is CC1OB(c2ccc(-c3cnn(CC(C)(C)O)c3)cc2)OC1(C)C. The summed E-state index contributed by atoms with van der Waals surface area (Å²) in [6, 6.07) is 8.15. The zero-order chi connectivity index (χ0) is 17.5. The zero-order valence-corrected chi connectivity index (χ0v) is 15.0. The average molecular weight is 328 g/mol. The summed E-state index contributed by atoms with van der Waals surface area (Å²) in [5.74, 6) is 0. The van der Waals surface area contributed by atoms with E-state index in [1.807, 2.05) is 57.4 Å². The minimum absolute atomic E-state index is 0.0576. The van der Waals surface area contributed by atoms with Crippen molar-refractivity contribution in [3.63, 3.8) is 0 Å². The van der Waals surface area contributed by atoms with E-state index in [4.69, 9.17) is 9.31 Å². The molecule has 0 bridgehead atoms. The molecular formula is C18H25BN2O3. The Hall–Kier alpha value is -1.63. The third-order valence-electron chi connectivity index (χ3n) is 4.42. The monoisotopic (exact) mass is 328 g/mol. The molecule has 6 heteroatoms. The molecule has 0 spiro atoms. The molecule has 1 aliphatic heterocycles. The van der Waals surface area contributed by atoms with Gasteiger partial charge in [0.15, 0.2) is 0 Å². The molecule has 1 saturated heterocycles. The van der Waals surface area contributed by atoms with E-state index >= 15 is 0 Å². The molecule has 1 aromatic heterocycles. The molecule has 2 heterocycles. The zero-order valence-electron chi connectivity index (χ0n) is 15.0. The van der Waals surface area contributed by atoms with Crippen molar-refractivity contribution < 1.29 is 14.4 Å². The molecule has 3 rings (SSSR count). The molecule has 2 aromatic rings. The summed E-state index contributed by atoms with van der Waals surface area (Å²) >= 11 is 0. The normalized spacial score (nSPS) is 20.6. The maximum atomic E-state index is 9.88. The van der Waals surface area contributed by atoms with Crippen molar-refractivity contribution in [1.82, 2.24) is 9.78 Å². The second-order valence-corrected chi connectivity index (χ2v) is 7.69. The first kappa shape index (κ1) is 17.2. The molecule has 0 radical (unpaired) electrons. The van der Waals surface area contributed by atoms with Gasteiger partial charge in [-0.2, -0.15) is 5.10 Å². The fraction of sp³-hybridized carbons (Fsp3) is 0.500. The second-order valence-electron chi connectivity index (χ2n) is 7.69. The van der Waals surface area contributed by atoms with Crippen molar-refractivity contribution in [3.8, 4) is 11.1 Å². The van der Waals surface area contributed by atoms with Crippen molar-refractivity contribution in [3.05, 3.63) is 36.7 Å². The van der Waals surface area contributed by atoms with Crippen LogP contribution in [0.4, 0.5) is 0 Å². The Bertz CT molecular complexity index is 704. The molecule has 1 atom stereocenters. The summed E-state index contributed by atoms with van der Waals surface area (Å²) in [5, 5.41) is 14.2. The molecule has 0 saturated carbocycles. The Balaban J connectivity index is 1.74. The summed E-state index contributed by atoms with van der Waals surface area (Å²) < 4.78 is 13.6. The summed E-state index contributed by atoms with van der Waals surface area (Å²) in [7, 11) is -0.318. The molecule has 1 aromatic carbocycles. The van der Waals surface area contributed by atoms with Crippen LogP contribution in [0.5, 0.6) is 0 Å². The summed E-state index contributed by atoms with van der Waals surface area (Å²) in [6.45, 7) is 10.1. The summed E-state index contributed by atoms with van der Waals surface area (Å²) in [5.41, 5.74) is 2.05. The molecule has 0 aliphatic carbocycles. The number of rotatable bonds is 4. The molecular weight excluding hydrogens is 303 g/mol. The minimum atomic E-state index is -0.784. The number of hydrogen-bond acceptors (Lipinski definition) is 4. The Morgan fingerprint density at radius 2 is 1.92 bits per heavy atom. The van der Waals surface area contributed by atoms with Gasteiger partial charge in [-0.15, -0.1) is 0 Å². The van der Waals surface area contributed by atoms with E-state index in [-0.39, 0.29) is 18.8 Å². The number of benzene rings is 1. The van der Waals surface area contributed by atoms with Crippen LogP contribution in [0, 0.1) is 0 Å². The lowest BCUT2D eigenvalue weighted by molar-refractivity contribution is 0.0577. The molecule has 0 amide bonds. The molecule has 128 valence electrons. The van der Waals surface area contributed by atoms with E-state index in [9.17, 15) is 5.11 Å². The van der Waals surface area contributed by atoms with Crippen LogP contribution in [-0.4, -0.2) is 39.3 Å². The van der Waals surface area contributed by atoms with E-state index in [1.54, 1.807) is 18.5 Å². The first-order valence-corrected chi connectivity index (χ1v) is 8.32. The fourth-order valence-corrected chi connectivity index (χ4v) is 2.72. The highest BCUT2D eigenvalue weighted by atomic mass is 16.7. The third kappa shape index (κ3) is 3.71. The predicted octanol–water partition coefficient (Wildman–Crippen LogP) is 2.23. The van der Waals surface area contributed by atoms with Gasteiger partial charge in [-0.3, -0.25) is 4.68 Å². The molecule has 1 aliphatic rings. The highest BCUT2D eigenvalue weighted by Crippen LogP contribution is 2.27. The smallest absolute Gasteiger partial charge is 0.402 e. The van der Waals surface area contributed by atoms with Crippen molar-refractivity contribution in [2.24, 2.45) is 0 Å². The Morgan fingerprint density at radius 1 is 1.25 bits per heavy atom. The van der Waals surface area contributed by atoms with Gasteiger partial charge < -0.3 is 14.4 Å². The van der Waals surface area contributed by atoms with Crippen molar-refractivity contribution in [2.45, 2.75) is 58.5 Å². The Kier molecular flexibility index (Phi) is 4.32. The lowest BCUT2D eigenvalue weighted by Gasteiger charge is -2.21. The van der Waals surface area contributed by atoms with Gasteiger partial charge in [0.25, 0.3) is 0 Å². The van der Waals surface area contributed by atoms with E-state index < -0.39 is 5.60 Å². The highest BCUT2D eigenvalue weighted by Gasteiger charge is 2.43. The lowest BCUT2D eigenvalue weighted by atomic mass is 9.79. The topological polar surface area (TPSA) is 56.5 Å². The van der Waals surface area contributed by atoms with Crippen LogP contribution in [0.3, 0.4) is 0 Å². The minimum Gasteiger partial charge on any atom is -0.402 e. The van der Waals surface area contributed by atoms with Crippen LogP contribution in [-0.2, 0) is 15.9 Å². The Morgan fingerprint density at radius 3 is 2.46 bits per heavy atom. The van der Waals surface area contributed by atoms with Gasteiger partial charge in [0.2, 0.25) is 0 Å². The number of aliphatic hydroxyl groups is 1. The quantitative estimate of drug-likeness (QED) is 0.875. The maximum Gasteiger partial charge on any atom is 0.494 e. The molecule has 1 N–H and O–H groups in total. The van der Waals surface area contributed by atoms with Gasteiger partial charge >= 0.3 is 7.12 Å². The van der Waals surface area contributed by atoms with Crippen molar-refractivity contribution >= 4 is 12.6 Å². The number of nitrogens with zero attached hydrogens (tertiary/aromatic N) is 2. The van der Waals surface area contributed by atoms with Crippen LogP contribution in [0.15, 0.2) is 36.7 Å². The molecule has 5 nitrogen and oxygen atoms in total. The first-order valence-electron chi connectivity index (χ1n) is 8.32. The van der Waals surface area contributed by atoms with Crippen LogP contribution in [0.2, 0.25) is 0 Å². The van der Waals surface area contributed by atoms with E-state index in [0.717, 1.165) is 16.6 Å². The summed E-state index contributed by atoms with van der Waals surface area (Å²) in [4.78, 5) is 0. The van der Waals surface area contributed by atoms with Gasteiger partial charge in [0.1, 0.15) is 0 Å². The lowest BCUT2D eigenvalue weighted by Crippen LogP contribution is -2.34. The average Bonchev–Trinajstić information content (AvgIpc) is 3.02. The van der Waals surface area contributed by atoms with Gasteiger partial charge in [-0.1, -0.05) is 24.3 Å². The molecule has 1 unspecified atom stereocenters. The van der Waals surface area contributed by atoms with Gasteiger partial charge in [0.05, 0.1) is 30.0 Å². The third-order valence-corrected chi connectivity index (χ3v) is 4.42.